The van der Waals surface area contributed by atoms with Gasteiger partial charge in [0, 0.05) is 26.6 Å². The summed E-state index contributed by atoms with van der Waals surface area (Å²) in [4.78, 5) is 0. The zero-order valence-corrected chi connectivity index (χ0v) is 10.1. The summed E-state index contributed by atoms with van der Waals surface area (Å²) in [6.07, 6.45) is 0.328. The Morgan fingerprint density at radius 2 is 2.20 bits per heavy atom. The van der Waals surface area contributed by atoms with Crippen LogP contribution in [0.25, 0.3) is 0 Å². The molecule has 2 rings (SSSR count). The Bertz CT molecular complexity index is 397. The molecule has 2 atom stereocenters. The van der Waals surface area contributed by atoms with Crippen molar-refractivity contribution in [2.45, 2.75) is 12.5 Å². The van der Waals surface area contributed by atoms with Gasteiger partial charge in [0.05, 0.1) is 0 Å². The third-order valence-corrected chi connectivity index (χ3v) is 3.49. The lowest BCUT2D eigenvalue weighted by Gasteiger charge is -2.14. The molecule has 3 nitrogen and oxygen atoms in total. The summed E-state index contributed by atoms with van der Waals surface area (Å²) in [5.74, 6) is 0. The van der Waals surface area contributed by atoms with E-state index in [2.05, 4.69) is 0 Å². The standard InChI is InChI=1S/C9H8Cl2O3P/c10-6-1-2-8(11)7(5-6)9-3-4-13-15(12)14-9/h1-2,5,9H,3-4H2/q+1/t9-/m1/s1. The average molecular weight is 266 g/mol. The molecule has 0 radical (unpaired) electrons. The van der Waals surface area contributed by atoms with E-state index >= 15 is 0 Å². The van der Waals surface area contributed by atoms with Crippen molar-refractivity contribution in [3.05, 3.63) is 33.8 Å². The van der Waals surface area contributed by atoms with E-state index in [4.69, 9.17) is 32.2 Å². The average Bonchev–Trinajstić information content (AvgIpc) is 2.22. The van der Waals surface area contributed by atoms with Crippen LogP contribution in [0, 0.1) is 0 Å². The van der Waals surface area contributed by atoms with Gasteiger partial charge in [-0.2, -0.15) is 0 Å². The molecule has 1 saturated heterocycles. The molecule has 0 aliphatic carbocycles. The molecule has 0 bridgehead atoms. The van der Waals surface area contributed by atoms with Crippen LogP contribution in [-0.2, 0) is 13.6 Å². The molecule has 80 valence electrons. The molecule has 0 amide bonds. The highest BCUT2D eigenvalue weighted by atomic mass is 35.5. The molecule has 1 aliphatic rings. The summed E-state index contributed by atoms with van der Waals surface area (Å²) >= 11 is 11.9. The van der Waals surface area contributed by atoms with Crippen molar-refractivity contribution in [3.8, 4) is 0 Å². The number of benzene rings is 1. The summed E-state index contributed by atoms with van der Waals surface area (Å²) < 4.78 is 21.0. The van der Waals surface area contributed by atoms with Gasteiger partial charge in [0.2, 0.25) is 0 Å². The first-order chi connectivity index (χ1) is 7.16. The summed E-state index contributed by atoms with van der Waals surface area (Å²) in [5, 5.41) is 1.15. The van der Waals surface area contributed by atoms with Crippen molar-refractivity contribution >= 4 is 31.5 Å². The molecule has 0 aromatic heterocycles. The molecular formula is C9H8Cl2O3P+. The summed E-state index contributed by atoms with van der Waals surface area (Å²) in [6, 6.07) is 5.13. The lowest BCUT2D eigenvalue weighted by atomic mass is 10.1. The van der Waals surface area contributed by atoms with Crippen LogP contribution in [0.1, 0.15) is 18.1 Å². The van der Waals surface area contributed by atoms with Gasteiger partial charge in [-0.05, 0) is 18.2 Å². The van der Waals surface area contributed by atoms with Gasteiger partial charge in [-0.1, -0.05) is 23.2 Å². The van der Waals surface area contributed by atoms with E-state index in [9.17, 15) is 4.57 Å². The van der Waals surface area contributed by atoms with Crippen molar-refractivity contribution in [1.29, 1.82) is 0 Å². The van der Waals surface area contributed by atoms with E-state index in [1.807, 2.05) is 0 Å². The van der Waals surface area contributed by atoms with Gasteiger partial charge in [-0.3, -0.25) is 0 Å². The van der Waals surface area contributed by atoms with E-state index in [-0.39, 0.29) is 6.10 Å². The minimum absolute atomic E-state index is 0.298. The van der Waals surface area contributed by atoms with Crippen molar-refractivity contribution in [3.63, 3.8) is 0 Å². The van der Waals surface area contributed by atoms with E-state index in [0.29, 0.717) is 23.1 Å². The quantitative estimate of drug-likeness (QED) is 0.717. The lowest BCUT2D eigenvalue weighted by molar-refractivity contribution is 0.0969. The van der Waals surface area contributed by atoms with E-state index in [1.54, 1.807) is 18.2 Å². The summed E-state index contributed by atoms with van der Waals surface area (Å²) in [7, 11) is -2.03. The molecular weight excluding hydrogens is 258 g/mol. The first-order valence-electron chi connectivity index (χ1n) is 4.39. The van der Waals surface area contributed by atoms with Gasteiger partial charge in [0.25, 0.3) is 0 Å². The van der Waals surface area contributed by atoms with Crippen LogP contribution in [-0.4, -0.2) is 6.61 Å². The van der Waals surface area contributed by atoms with Crippen LogP contribution in [0.5, 0.6) is 0 Å². The van der Waals surface area contributed by atoms with Crippen LogP contribution in [0.3, 0.4) is 0 Å². The normalized spacial score (nSPS) is 24.1. The predicted molar refractivity (Wildman–Crippen MR) is 58.5 cm³/mol. The predicted octanol–water partition coefficient (Wildman–Crippen LogP) is 4.13. The fourth-order valence-corrected chi connectivity index (χ4v) is 2.56. The molecule has 1 heterocycles. The second kappa shape index (κ2) is 4.77. The SMILES string of the molecule is O=[P+]1OCC[C@H](c2cc(Cl)ccc2Cl)O1. The van der Waals surface area contributed by atoms with Crippen molar-refractivity contribution in [2.24, 2.45) is 0 Å². The van der Waals surface area contributed by atoms with Crippen LogP contribution >= 0.6 is 31.5 Å². The van der Waals surface area contributed by atoms with Gasteiger partial charge >= 0.3 is 8.25 Å². The molecule has 1 aromatic carbocycles. The highest BCUT2D eigenvalue weighted by Gasteiger charge is 2.35. The Hall–Kier alpha value is -0.180. The molecule has 15 heavy (non-hydrogen) atoms. The Morgan fingerprint density at radius 1 is 1.40 bits per heavy atom. The minimum Gasteiger partial charge on any atom is -0.119 e. The highest BCUT2D eigenvalue weighted by molar-refractivity contribution is 7.33. The molecule has 0 spiro atoms. The largest absolute Gasteiger partial charge is 0.698 e. The second-order valence-electron chi connectivity index (χ2n) is 3.11. The Kier molecular flexibility index (Phi) is 3.60. The van der Waals surface area contributed by atoms with E-state index in [0.717, 1.165) is 5.56 Å². The molecule has 0 saturated carbocycles. The number of rotatable bonds is 1. The zero-order valence-electron chi connectivity index (χ0n) is 7.65. The first-order valence-corrected chi connectivity index (χ1v) is 6.24. The maximum absolute atomic E-state index is 11.1. The number of hydrogen-bond acceptors (Lipinski definition) is 3. The van der Waals surface area contributed by atoms with Crippen molar-refractivity contribution in [2.75, 3.05) is 6.61 Å². The topological polar surface area (TPSA) is 35.5 Å². The summed E-state index contributed by atoms with van der Waals surface area (Å²) in [5.41, 5.74) is 0.760. The third kappa shape index (κ3) is 2.68. The smallest absolute Gasteiger partial charge is 0.119 e. The number of hydrogen-bond donors (Lipinski definition) is 0. The van der Waals surface area contributed by atoms with Gasteiger partial charge in [0.1, 0.15) is 12.7 Å². The first kappa shape index (κ1) is 11.3. The van der Waals surface area contributed by atoms with Crippen LogP contribution in [0.4, 0.5) is 0 Å². The molecule has 1 fully saturated rings. The second-order valence-corrected chi connectivity index (χ2v) is 4.87. The number of halogens is 2. The fourth-order valence-electron chi connectivity index (χ4n) is 1.39. The molecule has 0 N–H and O–H groups in total. The van der Waals surface area contributed by atoms with Gasteiger partial charge in [-0.25, -0.2) is 0 Å². The van der Waals surface area contributed by atoms with Crippen molar-refractivity contribution in [1.82, 2.24) is 0 Å². The van der Waals surface area contributed by atoms with Crippen molar-refractivity contribution < 1.29 is 13.6 Å². The molecule has 1 aromatic rings. The van der Waals surface area contributed by atoms with Crippen LogP contribution in [0.15, 0.2) is 18.2 Å². The van der Waals surface area contributed by atoms with E-state index < -0.39 is 8.25 Å². The van der Waals surface area contributed by atoms with Gasteiger partial charge < -0.3 is 0 Å². The molecule has 1 unspecified atom stereocenters. The highest BCUT2D eigenvalue weighted by Crippen LogP contribution is 2.42. The third-order valence-electron chi connectivity index (χ3n) is 2.09. The Labute approximate surface area is 98.2 Å². The Morgan fingerprint density at radius 3 is 2.93 bits per heavy atom. The van der Waals surface area contributed by atoms with Crippen LogP contribution < -0.4 is 0 Å². The fraction of sp³-hybridized carbons (Fsp3) is 0.333. The minimum atomic E-state index is -2.03. The summed E-state index contributed by atoms with van der Waals surface area (Å²) in [6.45, 7) is 0.405. The molecule has 1 aliphatic heterocycles. The molecule has 6 heteroatoms. The van der Waals surface area contributed by atoms with Gasteiger partial charge in [0.15, 0.2) is 0 Å². The van der Waals surface area contributed by atoms with Crippen LogP contribution in [0.2, 0.25) is 10.0 Å². The monoisotopic (exact) mass is 265 g/mol. The lowest BCUT2D eigenvalue weighted by Crippen LogP contribution is -2.09. The maximum Gasteiger partial charge on any atom is 0.698 e. The zero-order chi connectivity index (χ0) is 10.8. The van der Waals surface area contributed by atoms with E-state index in [1.165, 1.54) is 0 Å². The maximum atomic E-state index is 11.1. The Balaban J connectivity index is 2.27. The van der Waals surface area contributed by atoms with Gasteiger partial charge in [-0.15, -0.1) is 9.05 Å².